The quantitative estimate of drug-likeness (QED) is 0.755. The third kappa shape index (κ3) is 1.93. The lowest BCUT2D eigenvalue weighted by atomic mass is 10.0. The van der Waals surface area contributed by atoms with Gasteiger partial charge in [0.15, 0.2) is 17.3 Å². The molecule has 0 atom stereocenters. The number of aromatic nitrogens is 1. The first-order valence-electron chi connectivity index (χ1n) is 5.69. The van der Waals surface area contributed by atoms with Crippen molar-refractivity contribution in [3.05, 3.63) is 53.9 Å². The zero-order valence-electron chi connectivity index (χ0n) is 9.63. The van der Waals surface area contributed by atoms with E-state index in [-0.39, 0.29) is 5.78 Å². The maximum atomic E-state index is 12.2. The molecule has 0 bridgehead atoms. The third-order valence-corrected chi connectivity index (χ3v) is 2.75. The van der Waals surface area contributed by atoms with E-state index in [2.05, 4.69) is 4.98 Å². The Labute approximate surface area is 104 Å². The summed E-state index contributed by atoms with van der Waals surface area (Å²) < 4.78 is 10.9. The van der Waals surface area contributed by atoms with Crippen molar-refractivity contribution in [2.24, 2.45) is 0 Å². The summed E-state index contributed by atoms with van der Waals surface area (Å²) in [5.41, 5.74) is 1.20. The molecule has 1 aliphatic heterocycles. The van der Waals surface area contributed by atoms with Crippen LogP contribution in [0.4, 0.5) is 0 Å². The van der Waals surface area contributed by atoms with Crippen molar-refractivity contribution in [3.63, 3.8) is 0 Å². The standard InChI is InChI=1S/C14H11NO3/c16-14(10-3-5-15-6-4-10)11-1-2-12-13(9-11)18-8-7-17-12/h1-6,9H,7-8H2. The van der Waals surface area contributed by atoms with Crippen LogP contribution in [0.25, 0.3) is 0 Å². The average Bonchev–Trinajstić information content (AvgIpc) is 2.47. The molecular weight excluding hydrogens is 230 g/mol. The summed E-state index contributed by atoms with van der Waals surface area (Å²) >= 11 is 0. The zero-order valence-corrected chi connectivity index (χ0v) is 9.63. The Morgan fingerprint density at radius 1 is 0.944 bits per heavy atom. The second-order valence-corrected chi connectivity index (χ2v) is 3.92. The number of fused-ring (bicyclic) bond motifs is 1. The molecule has 4 heteroatoms. The van der Waals surface area contributed by atoms with Crippen molar-refractivity contribution in [3.8, 4) is 11.5 Å². The fraction of sp³-hybridized carbons (Fsp3) is 0.143. The summed E-state index contributed by atoms with van der Waals surface area (Å²) in [5, 5.41) is 0. The molecule has 2 heterocycles. The van der Waals surface area contributed by atoms with Gasteiger partial charge in [-0.3, -0.25) is 9.78 Å². The number of pyridine rings is 1. The first kappa shape index (κ1) is 10.8. The SMILES string of the molecule is O=C(c1ccncc1)c1ccc2c(c1)OCCO2. The topological polar surface area (TPSA) is 48.4 Å². The summed E-state index contributed by atoms with van der Waals surface area (Å²) in [5.74, 6) is 1.27. The highest BCUT2D eigenvalue weighted by atomic mass is 16.6. The van der Waals surface area contributed by atoms with Crippen molar-refractivity contribution in [1.82, 2.24) is 4.98 Å². The highest BCUT2D eigenvalue weighted by Gasteiger charge is 2.15. The number of hydrogen-bond donors (Lipinski definition) is 0. The Kier molecular flexibility index (Phi) is 2.68. The van der Waals surface area contributed by atoms with Crippen molar-refractivity contribution >= 4 is 5.78 Å². The third-order valence-electron chi connectivity index (χ3n) is 2.75. The fourth-order valence-corrected chi connectivity index (χ4v) is 1.85. The van der Waals surface area contributed by atoms with Crippen LogP contribution in [-0.4, -0.2) is 24.0 Å². The lowest BCUT2D eigenvalue weighted by Gasteiger charge is -2.18. The number of hydrogen-bond acceptors (Lipinski definition) is 4. The normalized spacial score (nSPS) is 13.1. The number of benzene rings is 1. The van der Waals surface area contributed by atoms with Gasteiger partial charge < -0.3 is 9.47 Å². The van der Waals surface area contributed by atoms with Crippen molar-refractivity contribution < 1.29 is 14.3 Å². The molecular formula is C14H11NO3. The number of carbonyl (C=O) groups excluding carboxylic acids is 1. The number of ether oxygens (including phenoxy) is 2. The molecule has 1 aromatic carbocycles. The van der Waals surface area contributed by atoms with E-state index >= 15 is 0 Å². The minimum Gasteiger partial charge on any atom is -0.486 e. The Morgan fingerprint density at radius 3 is 2.44 bits per heavy atom. The minimum absolute atomic E-state index is 0.0469. The summed E-state index contributed by atoms with van der Waals surface area (Å²) in [4.78, 5) is 16.1. The molecule has 0 unspecified atom stereocenters. The lowest BCUT2D eigenvalue weighted by Crippen LogP contribution is -2.15. The molecule has 3 rings (SSSR count). The first-order valence-corrected chi connectivity index (χ1v) is 5.69. The van der Waals surface area contributed by atoms with Crippen LogP contribution in [0.2, 0.25) is 0 Å². The predicted molar refractivity (Wildman–Crippen MR) is 65.1 cm³/mol. The number of nitrogens with zero attached hydrogens (tertiary/aromatic N) is 1. The maximum Gasteiger partial charge on any atom is 0.193 e. The molecule has 0 radical (unpaired) electrons. The van der Waals surface area contributed by atoms with E-state index < -0.39 is 0 Å². The summed E-state index contributed by atoms with van der Waals surface area (Å²) in [6.45, 7) is 1.06. The van der Waals surface area contributed by atoms with E-state index in [9.17, 15) is 4.79 Å². The summed E-state index contributed by atoms with van der Waals surface area (Å²) in [6.07, 6.45) is 3.20. The van der Waals surface area contributed by atoms with Gasteiger partial charge in [0.2, 0.25) is 0 Å². The van der Waals surface area contributed by atoms with Crippen LogP contribution in [0.15, 0.2) is 42.7 Å². The van der Waals surface area contributed by atoms with Gasteiger partial charge in [0.1, 0.15) is 13.2 Å². The summed E-state index contributed by atoms with van der Waals surface area (Å²) in [7, 11) is 0. The van der Waals surface area contributed by atoms with Crippen LogP contribution in [0.5, 0.6) is 11.5 Å². The number of rotatable bonds is 2. The molecule has 2 aromatic rings. The van der Waals surface area contributed by atoms with Crippen LogP contribution in [0, 0.1) is 0 Å². The molecule has 0 saturated heterocycles. The average molecular weight is 241 g/mol. The highest BCUT2D eigenvalue weighted by molar-refractivity contribution is 6.09. The minimum atomic E-state index is -0.0469. The van der Waals surface area contributed by atoms with E-state index in [1.165, 1.54) is 0 Å². The van der Waals surface area contributed by atoms with Gasteiger partial charge in [-0.1, -0.05) is 0 Å². The van der Waals surface area contributed by atoms with Crippen molar-refractivity contribution in [1.29, 1.82) is 0 Å². The van der Waals surface area contributed by atoms with Crippen molar-refractivity contribution in [2.45, 2.75) is 0 Å². The molecule has 4 nitrogen and oxygen atoms in total. The largest absolute Gasteiger partial charge is 0.486 e. The highest BCUT2D eigenvalue weighted by Crippen LogP contribution is 2.31. The van der Waals surface area contributed by atoms with Crippen LogP contribution in [0.1, 0.15) is 15.9 Å². The van der Waals surface area contributed by atoms with Crippen molar-refractivity contribution in [2.75, 3.05) is 13.2 Å². The Morgan fingerprint density at radius 2 is 1.67 bits per heavy atom. The van der Waals surface area contributed by atoms with Gasteiger partial charge >= 0.3 is 0 Å². The van der Waals surface area contributed by atoms with E-state index in [1.54, 1.807) is 42.7 Å². The fourth-order valence-electron chi connectivity index (χ4n) is 1.85. The van der Waals surface area contributed by atoms with Gasteiger partial charge in [-0.15, -0.1) is 0 Å². The molecule has 1 aromatic heterocycles. The predicted octanol–water partition coefficient (Wildman–Crippen LogP) is 2.08. The van der Waals surface area contributed by atoms with Gasteiger partial charge in [-0.05, 0) is 30.3 Å². The van der Waals surface area contributed by atoms with Gasteiger partial charge in [0, 0.05) is 23.5 Å². The van der Waals surface area contributed by atoms with Gasteiger partial charge in [-0.25, -0.2) is 0 Å². The number of carbonyl (C=O) groups is 1. The molecule has 0 aliphatic carbocycles. The van der Waals surface area contributed by atoms with E-state index in [0.29, 0.717) is 35.8 Å². The Hall–Kier alpha value is -2.36. The van der Waals surface area contributed by atoms with Gasteiger partial charge in [0.05, 0.1) is 0 Å². The molecule has 1 aliphatic rings. The van der Waals surface area contributed by atoms with Gasteiger partial charge in [-0.2, -0.15) is 0 Å². The van der Waals surface area contributed by atoms with Crippen LogP contribution in [0.3, 0.4) is 0 Å². The second-order valence-electron chi connectivity index (χ2n) is 3.92. The van der Waals surface area contributed by atoms with Gasteiger partial charge in [0.25, 0.3) is 0 Å². The molecule has 0 amide bonds. The van der Waals surface area contributed by atoms with Crippen LogP contribution in [-0.2, 0) is 0 Å². The molecule has 0 N–H and O–H groups in total. The molecule has 90 valence electrons. The smallest absolute Gasteiger partial charge is 0.193 e. The van der Waals surface area contributed by atoms with E-state index in [4.69, 9.17) is 9.47 Å². The molecule has 0 fully saturated rings. The molecule has 0 spiro atoms. The lowest BCUT2D eigenvalue weighted by molar-refractivity contribution is 0.103. The summed E-state index contributed by atoms with van der Waals surface area (Å²) in [6, 6.07) is 8.62. The van der Waals surface area contributed by atoms with Crippen LogP contribution < -0.4 is 9.47 Å². The van der Waals surface area contributed by atoms with E-state index in [0.717, 1.165) is 0 Å². The first-order chi connectivity index (χ1) is 8.84. The maximum absolute atomic E-state index is 12.2. The van der Waals surface area contributed by atoms with Crippen LogP contribution >= 0.6 is 0 Å². The Balaban J connectivity index is 1.95. The monoisotopic (exact) mass is 241 g/mol. The molecule has 18 heavy (non-hydrogen) atoms. The molecule has 0 saturated carbocycles. The van der Waals surface area contributed by atoms with E-state index in [1.807, 2.05) is 0 Å². The number of ketones is 1. The zero-order chi connectivity index (χ0) is 12.4. The second kappa shape index (κ2) is 4.49. The Bertz CT molecular complexity index is 581.